The van der Waals surface area contributed by atoms with Crippen LogP contribution in [0.3, 0.4) is 0 Å². The van der Waals surface area contributed by atoms with E-state index in [1.54, 1.807) is 0 Å². The number of carbonyl (C=O) groups excluding carboxylic acids is 1. The average molecular weight is 248 g/mol. The zero-order valence-electron chi connectivity index (χ0n) is 7.40. The van der Waals surface area contributed by atoms with Crippen LogP contribution in [0.2, 0.25) is 0 Å². The normalized spacial score (nSPS) is 14.2. The average Bonchev–Trinajstić information content (AvgIpc) is 1.99. The van der Waals surface area contributed by atoms with Gasteiger partial charge in [0.2, 0.25) is 3.79 Å². The summed E-state index contributed by atoms with van der Waals surface area (Å²) in [5.41, 5.74) is 0. The first-order valence-electron chi connectivity index (χ1n) is 4.14. The highest BCUT2D eigenvalue weighted by molar-refractivity contribution is 6.68. The quantitative estimate of drug-likeness (QED) is 0.759. The van der Waals surface area contributed by atoms with Gasteiger partial charge in [-0.1, -0.05) is 48.1 Å². The number of rotatable bonds is 5. The van der Waals surface area contributed by atoms with E-state index in [0.29, 0.717) is 6.42 Å². The predicted molar refractivity (Wildman–Crippen MR) is 55.4 cm³/mol. The molecule has 5 heteroatoms. The molecule has 0 aliphatic rings. The van der Waals surface area contributed by atoms with Crippen molar-refractivity contribution in [3.05, 3.63) is 0 Å². The van der Waals surface area contributed by atoms with Crippen LogP contribution in [0.4, 0.5) is 0 Å². The molecule has 0 bridgehead atoms. The minimum absolute atomic E-state index is 0.0688. The Morgan fingerprint density at radius 3 is 2.38 bits per heavy atom. The zero-order chi connectivity index (χ0) is 10.5. The lowest BCUT2D eigenvalue weighted by atomic mass is 10.1. The first-order chi connectivity index (χ1) is 5.88. The first kappa shape index (κ1) is 13.5. The van der Waals surface area contributed by atoms with Crippen molar-refractivity contribution >= 4 is 40.6 Å². The van der Waals surface area contributed by atoms with Crippen LogP contribution in [-0.4, -0.2) is 20.8 Å². The fourth-order valence-corrected chi connectivity index (χ4v) is 1.04. The molecule has 0 rings (SSSR count). The van der Waals surface area contributed by atoms with Gasteiger partial charge >= 0.3 is 0 Å². The molecule has 0 aromatic rings. The van der Waals surface area contributed by atoms with Gasteiger partial charge in [-0.05, 0) is 6.42 Å². The maximum Gasteiger partial charge on any atom is 0.216 e. The second-order valence-electron chi connectivity index (χ2n) is 2.90. The second kappa shape index (κ2) is 6.07. The van der Waals surface area contributed by atoms with E-state index in [2.05, 4.69) is 0 Å². The molecule has 78 valence electrons. The van der Waals surface area contributed by atoms with Gasteiger partial charge in [0.05, 0.1) is 0 Å². The van der Waals surface area contributed by atoms with Gasteiger partial charge in [0, 0.05) is 12.8 Å². The van der Waals surface area contributed by atoms with E-state index in [-0.39, 0.29) is 12.2 Å². The molecule has 0 aromatic carbocycles. The lowest BCUT2D eigenvalue weighted by molar-refractivity contribution is -0.121. The van der Waals surface area contributed by atoms with Crippen molar-refractivity contribution in [2.75, 3.05) is 0 Å². The summed E-state index contributed by atoms with van der Waals surface area (Å²) in [7, 11) is 0. The molecular formula is C8H13Cl3O2. The van der Waals surface area contributed by atoms with Gasteiger partial charge in [-0.3, -0.25) is 4.79 Å². The van der Waals surface area contributed by atoms with Crippen LogP contribution >= 0.6 is 34.8 Å². The summed E-state index contributed by atoms with van der Waals surface area (Å²) in [6.45, 7) is 1.98. The predicted octanol–water partition coefficient (Wildman–Crippen LogP) is 2.87. The highest BCUT2D eigenvalue weighted by Gasteiger charge is 2.31. The first-order valence-corrected chi connectivity index (χ1v) is 5.27. The van der Waals surface area contributed by atoms with Gasteiger partial charge in [-0.25, -0.2) is 0 Å². The summed E-state index contributed by atoms with van der Waals surface area (Å²) in [6, 6.07) is 0. The van der Waals surface area contributed by atoms with Gasteiger partial charge in [0.25, 0.3) is 0 Å². The van der Waals surface area contributed by atoms with Crippen molar-refractivity contribution in [3.63, 3.8) is 0 Å². The van der Waals surface area contributed by atoms with Crippen molar-refractivity contribution < 1.29 is 9.90 Å². The molecule has 0 radical (unpaired) electrons. The van der Waals surface area contributed by atoms with Crippen molar-refractivity contribution in [2.45, 2.75) is 42.5 Å². The summed E-state index contributed by atoms with van der Waals surface area (Å²) in [5.74, 6) is -0.0688. The highest BCUT2D eigenvalue weighted by Crippen LogP contribution is 2.32. The molecule has 0 saturated carbocycles. The molecule has 0 unspecified atom stereocenters. The summed E-state index contributed by atoms with van der Waals surface area (Å²) >= 11 is 16.2. The molecule has 0 aliphatic heterocycles. The Kier molecular flexibility index (Phi) is 6.31. The number of hydrogen-bond acceptors (Lipinski definition) is 2. The third kappa shape index (κ3) is 6.55. The Labute approximate surface area is 93.2 Å². The number of aliphatic hydroxyl groups is 1. The van der Waals surface area contributed by atoms with E-state index < -0.39 is 9.90 Å². The number of ketones is 1. The Morgan fingerprint density at radius 1 is 1.46 bits per heavy atom. The molecule has 0 aromatic heterocycles. The lowest BCUT2D eigenvalue weighted by Gasteiger charge is -2.17. The van der Waals surface area contributed by atoms with Crippen LogP contribution in [0, 0.1) is 0 Å². The summed E-state index contributed by atoms with van der Waals surface area (Å²) in [6.07, 6.45) is 0.896. The maximum absolute atomic E-state index is 11.1. The molecule has 0 spiro atoms. The Morgan fingerprint density at radius 2 is 2.00 bits per heavy atom. The molecule has 1 atom stereocenters. The van der Waals surface area contributed by atoms with Crippen molar-refractivity contribution in [1.29, 1.82) is 0 Å². The monoisotopic (exact) mass is 246 g/mol. The van der Waals surface area contributed by atoms with Gasteiger partial charge in [-0.15, -0.1) is 0 Å². The number of halogens is 3. The van der Waals surface area contributed by atoms with Crippen LogP contribution < -0.4 is 0 Å². The van der Waals surface area contributed by atoms with Crippen LogP contribution in [0.25, 0.3) is 0 Å². The highest BCUT2D eigenvalue weighted by atomic mass is 35.6. The van der Waals surface area contributed by atoms with E-state index in [4.69, 9.17) is 34.8 Å². The Balaban J connectivity index is 3.79. The fraction of sp³-hybridized carbons (Fsp3) is 0.875. The van der Waals surface area contributed by atoms with Gasteiger partial charge in [0.1, 0.15) is 11.9 Å². The number of aliphatic hydroxyl groups excluding tert-OH is 1. The smallest absolute Gasteiger partial charge is 0.216 e. The van der Waals surface area contributed by atoms with E-state index in [1.807, 2.05) is 6.92 Å². The van der Waals surface area contributed by atoms with Crippen molar-refractivity contribution in [1.82, 2.24) is 0 Å². The van der Waals surface area contributed by atoms with E-state index in [1.165, 1.54) is 0 Å². The summed E-state index contributed by atoms with van der Waals surface area (Å²) in [4.78, 5) is 11.1. The molecule has 0 heterocycles. The topological polar surface area (TPSA) is 37.3 Å². The number of unbranched alkanes of at least 4 members (excludes halogenated alkanes) is 1. The Bertz CT molecular complexity index is 165. The SMILES string of the molecule is CCCCC(=O)C[C@@H](O)C(Cl)(Cl)Cl. The number of hydrogen-bond donors (Lipinski definition) is 1. The minimum Gasteiger partial charge on any atom is -0.388 e. The minimum atomic E-state index is -1.76. The van der Waals surface area contributed by atoms with Crippen LogP contribution in [0.15, 0.2) is 0 Å². The van der Waals surface area contributed by atoms with E-state index in [9.17, 15) is 9.90 Å². The molecule has 0 saturated heterocycles. The van der Waals surface area contributed by atoms with Crippen molar-refractivity contribution in [3.8, 4) is 0 Å². The molecule has 13 heavy (non-hydrogen) atoms. The Hall–Kier alpha value is 0.500. The molecule has 1 N–H and O–H groups in total. The molecule has 0 amide bonds. The van der Waals surface area contributed by atoms with Crippen LogP contribution in [0.5, 0.6) is 0 Å². The maximum atomic E-state index is 11.1. The number of carbonyl (C=O) groups is 1. The van der Waals surface area contributed by atoms with Crippen LogP contribution in [0.1, 0.15) is 32.6 Å². The fourth-order valence-electron chi connectivity index (χ4n) is 0.807. The van der Waals surface area contributed by atoms with Gasteiger partial charge in [0.15, 0.2) is 0 Å². The largest absolute Gasteiger partial charge is 0.388 e. The number of Topliss-reactive ketones (excluding diaryl/α,β-unsaturated/α-hetero) is 1. The molecular weight excluding hydrogens is 234 g/mol. The zero-order valence-corrected chi connectivity index (χ0v) is 9.66. The molecule has 0 fully saturated rings. The molecule has 0 aliphatic carbocycles. The van der Waals surface area contributed by atoms with Gasteiger partial charge < -0.3 is 5.11 Å². The van der Waals surface area contributed by atoms with Crippen LogP contribution in [-0.2, 0) is 4.79 Å². The summed E-state index contributed by atoms with van der Waals surface area (Å²) < 4.78 is -1.76. The van der Waals surface area contributed by atoms with E-state index in [0.717, 1.165) is 12.8 Å². The summed E-state index contributed by atoms with van der Waals surface area (Å²) in [5, 5.41) is 9.24. The lowest BCUT2D eigenvalue weighted by Crippen LogP contribution is -2.27. The molecule has 2 nitrogen and oxygen atoms in total. The standard InChI is InChI=1S/C8H13Cl3O2/c1-2-3-4-6(12)5-7(13)8(9,10)11/h7,13H,2-5H2,1H3/t7-/m1/s1. The van der Waals surface area contributed by atoms with Gasteiger partial charge in [-0.2, -0.15) is 0 Å². The third-order valence-corrected chi connectivity index (χ3v) is 2.36. The van der Waals surface area contributed by atoms with Crippen molar-refractivity contribution in [2.24, 2.45) is 0 Å². The third-order valence-electron chi connectivity index (χ3n) is 1.61. The second-order valence-corrected chi connectivity index (χ2v) is 5.27. The number of alkyl halides is 3. The van der Waals surface area contributed by atoms with E-state index >= 15 is 0 Å².